The first-order valence-electron chi connectivity index (χ1n) is 7.70. The Balaban J connectivity index is 1.72. The number of fused-ring (bicyclic) bond motifs is 2. The molecule has 2 aliphatic carbocycles. The molecule has 3 nitrogen and oxygen atoms in total. The molecule has 2 fully saturated rings. The number of anilines is 1. The summed E-state index contributed by atoms with van der Waals surface area (Å²) in [6, 6.07) is 4.66. The number of aromatic nitrogens is 1. The predicted molar refractivity (Wildman–Crippen MR) is 76.2 cm³/mol. The van der Waals surface area contributed by atoms with E-state index in [9.17, 15) is 18.0 Å². The van der Waals surface area contributed by atoms with Crippen molar-refractivity contribution in [2.24, 2.45) is 17.8 Å². The van der Waals surface area contributed by atoms with Gasteiger partial charge in [-0.15, -0.1) is 0 Å². The fraction of sp³-hybridized carbons (Fsp3) is 0.625. The highest BCUT2D eigenvalue weighted by Crippen LogP contribution is 2.49. The second-order valence-electron chi connectivity index (χ2n) is 6.42. The Morgan fingerprint density at radius 3 is 2.64 bits per heavy atom. The lowest BCUT2D eigenvalue weighted by Gasteiger charge is -2.27. The zero-order valence-corrected chi connectivity index (χ0v) is 12.2. The van der Waals surface area contributed by atoms with Crippen LogP contribution >= 0.6 is 0 Å². The number of rotatable bonds is 4. The van der Waals surface area contributed by atoms with Crippen LogP contribution in [0, 0.1) is 17.8 Å². The van der Waals surface area contributed by atoms with Crippen LogP contribution in [-0.2, 0) is 4.79 Å². The van der Waals surface area contributed by atoms with Crippen LogP contribution in [0.25, 0.3) is 0 Å². The minimum absolute atomic E-state index is 0.0768. The SMILES string of the molecule is O=C(C[C@H]1C[C@H]2CC[C@H]1C2)N(CC(F)(F)F)c1ccccn1. The van der Waals surface area contributed by atoms with E-state index in [2.05, 4.69) is 4.98 Å². The summed E-state index contributed by atoms with van der Waals surface area (Å²) in [5, 5.41) is 0. The monoisotopic (exact) mass is 312 g/mol. The van der Waals surface area contributed by atoms with E-state index in [0.29, 0.717) is 11.8 Å². The van der Waals surface area contributed by atoms with E-state index >= 15 is 0 Å². The summed E-state index contributed by atoms with van der Waals surface area (Å²) in [7, 11) is 0. The Morgan fingerprint density at radius 2 is 2.09 bits per heavy atom. The van der Waals surface area contributed by atoms with E-state index in [1.165, 1.54) is 18.7 Å². The van der Waals surface area contributed by atoms with Gasteiger partial charge in [0.05, 0.1) is 0 Å². The van der Waals surface area contributed by atoms with Gasteiger partial charge in [-0.2, -0.15) is 13.2 Å². The second kappa shape index (κ2) is 5.89. The maximum Gasteiger partial charge on any atom is 0.406 e. The molecule has 0 spiro atoms. The molecule has 2 bridgehead atoms. The lowest BCUT2D eigenvalue weighted by atomic mass is 9.86. The highest BCUT2D eigenvalue weighted by Gasteiger charge is 2.42. The van der Waals surface area contributed by atoms with Crippen molar-refractivity contribution in [2.45, 2.75) is 38.3 Å². The Morgan fingerprint density at radius 1 is 1.27 bits per heavy atom. The van der Waals surface area contributed by atoms with Gasteiger partial charge in [-0.3, -0.25) is 9.69 Å². The van der Waals surface area contributed by atoms with Gasteiger partial charge in [0.15, 0.2) is 0 Å². The fourth-order valence-corrected chi connectivity index (χ4v) is 3.95. The summed E-state index contributed by atoms with van der Waals surface area (Å²) in [6.07, 6.45) is 1.63. The van der Waals surface area contributed by atoms with Crippen molar-refractivity contribution in [3.8, 4) is 0 Å². The van der Waals surface area contributed by atoms with E-state index in [1.807, 2.05) is 0 Å². The number of alkyl halides is 3. The number of hydrogen-bond donors (Lipinski definition) is 0. The number of carbonyl (C=O) groups is 1. The second-order valence-corrected chi connectivity index (χ2v) is 6.42. The van der Waals surface area contributed by atoms with Gasteiger partial charge in [0.1, 0.15) is 12.4 Å². The molecule has 0 aliphatic heterocycles. The maximum absolute atomic E-state index is 12.8. The van der Waals surface area contributed by atoms with Crippen LogP contribution in [0.1, 0.15) is 32.1 Å². The molecule has 6 heteroatoms. The Kier molecular flexibility index (Phi) is 4.10. The van der Waals surface area contributed by atoms with Gasteiger partial charge < -0.3 is 0 Å². The molecule has 3 rings (SSSR count). The molecule has 1 aromatic heterocycles. The highest BCUT2D eigenvalue weighted by atomic mass is 19.4. The van der Waals surface area contributed by atoms with Crippen molar-refractivity contribution in [1.82, 2.24) is 4.98 Å². The standard InChI is InChI=1S/C16H19F3N2O/c17-16(18,19)10-21(14-3-1-2-6-20-14)15(22)9-13-8-11-4-5-12(13)7-11/h1-3,6,11-13H,4-5,7-10H2/t11-,12-,13+/m0/s1. The molecule has 0 unspecified atom stereocenters. The molecule has 0 saturated heterocycles. The molecule has 22 heavy (non-hydrogen) atoms. The molecule has 120 valence electrons. The summed E-state index contributed by atoms with van der Waals surface area (Å²) in [6.45, 7) is -1.27. The molecular formula is C16H19F3N2O. The molecule has 1 heterocycles. The van der Waals surface area contributed by atoms with Gasteiger partial charge in [-0.05, 0) is 49.1 Å². The molecule has 0 radical (unpaired) electrons. The van der Waals surface area contributed by atoms with Crippen molar-refractivity contribution in [3.05, 3.63) is 24.4 Å². The third-order valence-electron chi connectivity index (χ3n) is 4.89. The third-order valence-corrected chi connectivity index (χ3v) is 4.89. The molecule has 1 amide bonds. The average molecular weight is 312 g/mol. The summed E-state index contributed by atoms with van der Waals surface area (Å²) >= 11 is 0. The number of carbonyl (C=O) groups excluding carboxylic acids is 1. The van der Waals surface area contributed by atoms with E-state index in [4.69, 9.17) is 0 Å². The van der Waals surface area contributed by atoms with Crippen LogP contribution in [0.5, 0.6) is 0 Å². The summed E-state index contributed by atoms with van der Waals surface area (Å²) in [4.78, 5) is 17.1. The van der Waals surface area contributed by atoms with Gasteiger partial charge in [0, 0.05) is 12.6 Å². The van der Waals surface area contributed by atoms with E-state index < -0.39 is 18.6 Å². The summed E-state index contributed by atoms with van der Waals surface area (Å²) in [5.41, 5.74) is 0. The minimum atomic E-state index is -4.43. The molecule has 3 atom stereocenters. The smallest absolute Gasteiger partial charge is 0.288 e. The minimum Gasteiger partial charge on any atom is -0.288 e. The van der Waals surface area contributed by atoms with Crippen LogP contribution in [0.2, 0.25) is 0 Å². The molecule has 0 N–H and O–H groups in total. The Bertz CT molecular complexity index is 532. The molecule has 2 saturated carbocycles. The van der Waals surface area contributed by atoms with Crippen molar-refractivity contribution in [3.63, 3.8) is 0 Å². The van der Waals surface area contributed by atoms with Crippen LogP contribution in [0.3, 0.4) is 0 Å². The molecule has 0 aromatic carbocycles. The van der Waals surface area contributed by atoms with Crippen LogP contribution in [0.4, 0.5) is 19.0 Å². The van der Waals surface area contributed by atoms with E-state index in [-0.39, 0.29) is 18.2 Å². The average Bonchev–Trinajstić information content (AvgIpc) is 3.07. The van der Waals surface area contributed by atoms with Crippen molar-refractivity contribution >= 4 is 11.7 Å². The van der Waals surface area contributed by atoms with Crippen LogP contribution in [0.15, 0.2) is 24.4 Å². The molecular weight excluding hydrogens is 293 g/mol. The molecule has 2 aliphatic rings. The number of pyridine rings is 1. The van der Waals surface area contributed by atoms with Gasteiger partial charge in [0.25, 0.3) is 0 Å². The van der Waals surface area contributed by atoms with Crippen molar-refractivity contribution in [1.29, 1.82) is 0 Å². The highest BCUT2D eigenvalue weighted by molar-refractivity contribution is 5.92. The summed E-state index contributed by atoms with van der Waals surface area (Å²) < 4.78 is 38.4. The first kappa shape index (κ1) is 15.3. The number of amides is 1. The Labute approximate surface area is 127 Å². The maximum atomic E-state index is 12.8. The largest absolute Gasteiger partial charge is 0.406 e. The first-order chi connectivity index (χ1) is 10.4. The number of hydrogen-bond acceptors (Lipinski definition) is 2. The lowest BCUT2D eigenvalue weighted by molar-refractivity contribution is -0.133. The molecule has 1 aromatic rings. The zero-order valence-electron chi connectivity index (χ0n) is 12.2. The summed E-state index contributed by atoms with van der Waals surface area (Å²) in [5.74, 6) is 1.05. The zero-order chi connectivity index (χ0) is 15.7. The van der Waals surface area contributed by atoms with Gasteiger partial charge >= 0.3 is 6.18 Å². The van der Waals surface area contributed by atoms with Crippen molar-refractivity contribution in [2.75, 3.05) is 11.4 Å². The fourth-order valence-electron chi connectivity index (χ4n) is 3.95. The van der Waals surface area contributed by atoms with E-state index in [1.54, 1.807) is 12.1 Å². The van der Waals surface area contributed by atoms with Crippen LogP contribution < -0.4 is 4.90 Å². The van der Waals surface area contributed by atoms with Gasteiger partial charge in [0.2, 0.25) is 5.91 Å². The predicted octanol–water partition coefficient (Wildman–Crippen LogP) is 3.80. The van der Waals surface area contributed by atoms with E-state index in [0.717, 1.165) is 24.2 Å². The van der Waals surface area contributed by atoms with Crippen molar-refractivity contribution < 1.29 is 18.0 Å². The van der Waals surface area contributed by atoms with Crippen LogP contribution in [-0.4, -0.2) is 23.6 Å². The third kappa shape index (κ3) is 3.42. The van der Waals surface area contributed by atoms with Gasteiger partial charge in [-0.25, -0.2) is 4.98 Å². The van der Waals surface area contributed by atoms with Gasteiger partial charge in [-0.1, -0.05) is 12.5 Å². The normalized spacial score (nSPS) is 27.1. The lowest BCUT2D eigenvalue weighted by Crippen LogP contribution is -2.40. The Hall–Kier alpha value is -1.59. The number of halogens is 3. The first-order valence-corrected chi connectivity index (χ1v) is 7.70. The topological polar surface area (TPSA) is 33.2 Å². The quantitative estimate of drug-likeness (QED) is 0.847. The number of nitrogens with zero attached hydrogens (tertiary/aromatic N) is 2.